The van der Waals surface area contributed by atoms with E-state index < -0.39 is 32.2 Å². The average Bonchev–Trinajstić information content (AvgIpc) is 2.74. The summed E-state index contributed by atoms with van der Waals surface area (Å²) < 4.78 is 59.1. The van der Waals surface area contributed by atoms with Crippen LogP contribution in [0.3, 0.4) is 0 Å². The topological polar surface area (TPSA) is 60.4 Å². The van der Waals surface area contributed by atoms with Crippen molar-refractivity contribution >= 4 is 27.4 Å². The van der Waals surface area contributed by atoms with Crippen LogP contribution in [0.15, 0.2) is 59.5 Å². The maximum Gasteiger partial charge on any atom is 0.330 e. The van der Waals surface area contributed by atoms with Gasteiger partial charge in [0.2, 0.25) is 0 Å². The first-order valence-electron chi connectivity index (χ1n) is 9.41. The van der Waals surface area contributed by atoms with E-state index in [0.29, 0.717) is 17.9 Å². The molecular formula is C22H21ClF2O4S. The molecule has 0 bridgehead atoms. The molecule has 30 heavy (non-hydrogen) atoms. The molecule has 0 heterocycles. The van der Waals surface area contributed by atoms with E-state index in [9.17, 15) is 22.0 Å². The van der Waals surface area contributed by atoms with E-state index in [4.69, 9.17) is 11.6 Å². The van der Waals surface area contributed by atoms with E-state index in [2.05, 4.69) is 4.74 Å². The summed E-state index contributed by atoms with van der Waals surface area (Å²) in [5, 5.41) is 0.372. The van der Waals surface area contributed by atoms with E-state index in [-0.39, 0.29) is 29.2 Å². The van der Waals surface area contributed by atoms with Crippen LogP contribution in [-0.2, 0) is 24.1 Å². The highest BCUT2D eigenvalue weighted by molar-refractivity contribution is 7.92. The Labute approximate surface area is 179 Å². The quantitative estimate of drug-likeness (QED) is 0.460. The number of methoxy groups -OCH3 is 1. The highest BCUT2D eigenvalue weighted by Gasteiger charge is 2.49. The Bertz CT molecular complexity index is 1060. The molecule has 1 saturated carbocycles. The van der Waals surface area contributed by atoms with Crippen LogP contribution in [0.25, 0.3) is 0 Å². The minimum absolute atomic E-state index is 0.000820. The van der Waals surface area contributed by atoms with Crippen molar-refractivity contribution in [2.24, 2.45) is 5.92 Å². The molecule has 0 radical (unpaired) electrons. The predicted octanol–water partition coefficient (Wildman–Crippen LogP) is 5.21. The van der Waals surface area contributed by atoms with Gasteiger partial charge in [0.1, 0.15) is 16.4 Å². The van der Waals surface area contributed by atoms with Crippen molar-refractivity contribution in [2.45, 2.75) is 35.3 Å². The molecule has 3 rings (SSSR count). The van der Waals surface area contributed by atoms with Crippen molar-refractivity contribution in [3.05, 3.63) is 76.8 Å². The van der Waals surface area contributed by atoms with Gasteiger partial charge in [0.05, 0.1) is 12.0 Å². The molecule has 1 aliphatic rings. The zero-order valence-electron chi connectivity index (χ0n) is 16.3. The standard InChI is InChI=1S/C22H21ClF2O4S/c1-29-21(26)9-2-15-10-12-22(13-11-15,19-14-17(24)5-8-20(19)25)30(27,28)18-6-3-16(23)4-7-18/h2-9,14-15H,10-13H2,1H3. The van der Waals surface area contributed by atoms with E-state index in [1.807, 2.05) is 0 Å². The van der Waals surface area contributed by atoms with E-state index >= 15 is 0 Å². The molecule has 2 aromatic rings. The summed E-state index contributed by atoms with van der Waals surface area (Å²) in [6, 6.07) is 8.54. The lowest BCUT2D eigenvalue weighted by atomic mass is 9.77. The summed E-state index contributed by atoms with van der Waals surface area (Å²) in [5.74, 6) is -2.05. The van der Waals surface area contributed by atoms with Gasteiger partial charge in [0.15, 0.2) is 9.84 Å². The lowest BCUT2D eigenvalue weighted by Crippen LogP contribution is -2.40. The molecule has 0 N–H and O–H groups in total. The van der Waals surface area contributed by atoms with Crippen LogP contribution < -0.4 is 0 Å². The van der Waals surface area contributed by atoms with Crippen molar-refractivity contribution in [3.8, 4) is 0 Å². The lowest BCUT2D eigenvalue weighted by molar-refractivity contribution is -0.134. The largest absolute Gasteiger partial charge is 0.466 e. The van der Waals surface area contributed by atoms with Gasteiger partial charge in [-0.2, -0.15) is 0 Å². The van der Waals surface area contributed by atoms with Crippen molar-refractivity contribution in [1.82, 2.24) is 0 Å². The monoisotopic (exact) mass is 454 g/mol. The van der Waals surface area contributed by atoms with Gasteiger partial charge in [-0.3, -0.25) is 0 Å². The Morgan fingerprint density at radius 2 is 1.77 bits per heavy atom. The molecule has 0 amide bonds. The summed E-state index contributed by atoms with van der Waals surface area (Å²) in [6.45, 7) is 0. The maximum absolute atomic E-state index is 14.8. The van der Waals surface area contributed by atoms with E-state index in [1.165, 1.54) is 37.5 Å². The van der Waals surface area contributed by atoms with Crippen molar-refractivity contribution in [2.75, 3.05) is 7.11 Å². The van der Waals surface area contributed by atoms with Gasteiger partial charge >= 0.3 is 5.97 Å². The molecule has 160 valence electrons. The first-order chi connectivity index (χ1) is 14.2. The molecule has 0 saturated heterocycles. The van der Waals surface area contributed by atoms with E-state index in [0.717, 1.165) is 18.2 Å². The van der Waals surface area contributed by atoms with Crippen molar-refractivity contribution < 1.29 is 26.7 Å². The molecule has 0 aliphatic heterocycles. The number of rotatable bonds is 5. The fraction of sp³-hybridized carbons (Fsp3) is 0.318. The smallest absolute Gasteiger partial charge is 0.330 e. The molecule has 0 atom stereocenters. The summed E-state index contributed by atoms with van der Waals surface area (Å²) in [7, 11) is -2.81. The number of halogens is 3. The van der Waals surface area contributed by atoms with Gasteiger partial charge in [-0.05, 0) is 74.1 Å². The number of sulfone groups is 1. The van der Waals surface area contributed by atoms with Crippen LogP contribution in [0, 0.1) is 17.6 Å². The number of benzene rings is 2. The fourth-order valence-corrected chi connectivity index (χ4v) is 6.24. The second-order valence-electron chi connectivity index (χ2n) is 7.30. The number of esters is 1. The number of carbonyl (C=O) groups is 1. The zero-order valence-corrected chi connectivity index (χ0v) is 17.8. The number of hydrogen-bond donors (Lipinski definition) is 0. The highest BCUT2D eigenvalue weighted by Crippen LogP contribution is 2.49. The van der Waals surface area contributed by atoms with Gasteiger partial charge in [-0.1, -0.05) is 17.7 Å². The first kappa shape index (κ1) is 22.4. The molecular weight excluding hydrogens is 434 g/mol. The molecule has 1 aliphatic carbocycles. The number of allylic oxidation sites excluding steroid dienone is 1. The predicted molar refractivity (Wildman–Crippen MR) is 110 cm³/mol. The van der Waals surface area contributed by atoms with Crippen LogP contribution >= 0.6 is 11.6 Å². The number of hydrogen-bond acceptors (Lipinski definition) is 4. The fourth-order valence-electron chi connectivity index (χ4n) is 3.95. The lowest BCUT2D eigenvalue weighted by Gasteiger charge is -2.39. The molecule has 0 unspecified atom stereocenters. The number of ether oxygens (including phenoxy) is 1. The van der Waals surface area contributed by atoms with Crippen LogP contribution in [0.5, 0.6) is 0 Å². The summed E-state index contributed by atoms with van der Waals surface area (Å²) in [5.41, 5.74) is -0.173. The normalized spacial score (nSPS) is 22.2. The Balaban J connectivity index is 2.06. The third-order valence-electron chi connectivity index (χ3n) is 5.60. The second-order valence-corrected chi connectivity index (χ2v) is 9.99. The first-order valence-corrected chi connectivity index (χ1v) is 11.3. The zero-order chi connectivity index (χ0) is 21.9. The van der Waals surface area contributed by atoms with Crippen LogP contribution in [-0.4, -0.2) is 21.5 Å². The van der Waals surface area contributed by atoms with E-state index in [1.54, 1.807) is 6.08 Å². The molecule has 1 fully saturated rings. The second kappa shape index (κ2) is 8.86. The highest BCUT2D eigenvalue weighted by atomic mass is 35.5. The Hall–Kier alpha value is -2.25. The summed E-state index contributed by atoms with van der Waals surface area (Å²) >= 11 is 5.89. The minimum atomic E-state index is -4.07. The van der Waals surface area contributed by atoms with Crippen LogP contribution in [0.1, 0.15) is 31.2 Å². The number of carbonyl (C=O) groups excluding carboxylic acids is 1. The molecule has 0 aromatic heterocycles. The SMILES string of the molecule is COC(=O)C=CC1CCC(c2cc(F)ccc2F)(S(=O)(=O)c2ccc(Cl)cc2)CC1. The minimum Gasteiger partial charge on any atom is -0.466 e. The average molecular weight is 455 g/mol. The Kier molecular flexibility index (Phi) is 6.62. The van der Waals surface area contributed by atoms with Gasteiger partial charge in [0, 0.05) is 16.7 Å². The van der Waals surface area contributed by atoms with Crippen molar-refractivity contribution in [1.29, 1.82) is 0 Å². The van der Waals surface area contributed by atoms with Gasteiger partial charge in [0.25, 0.3) is 0 Å². The van der Waals surface area contributed by atoms with Crippen molar-refractivity contribution in [3.63, 3.8) is 0 Å². The summed E-state index contributed by atoms with van der Waals surface area (Å²) in [4.78, 5) is 11.3. The third kappa shape index (κ3) is 4.27. The molecule has 0 spiro atoms. The van der Waals surface area contributed by atoms with Gasteiger partial charge in [-0.15, -0.1) is 0 Å². The molecule has 8 heteroatoms. The maximum atomic E-state index is 14.8. The van der Waals surface area contributed by atoms with Gasteiger partial charge in [-0.25, -0.2) is 22.0 Å². The molecule has 2 aromatic carbocycles. The molecule has 4 nitrogen and oxygen atoms in total. The van der Waals surface area contributed by atoms with Crippen LogP contribution in [0.4, 0.5) is 8.78 Å². The Morgan fingerprint density at radius 1 is 1.13 bits per heavy atom. The Morgan fingerprint density at radius 3 is 2.37 bits per heavy atom. The van der Waals surface area contributed by atoms with Crippen LogP contribution in [0.2, 0.25) is 5.02 Å². The van der Waals surface area contributed by atoms with Gasteiger partial charge < -0.3 is 4.74 Å². The summed E-state index contributed by atoms with van der Waals surface area (Å²) in [6.07, 6.45) is 3.90. The third-order valence-corrected chi connectivity index (χ3v) is 8.40.